The Kier molecular flexibility index (Phi) is 1.83. The van der Waals surface area contributed by atoms with Gasteiger partial charge < -0.3 is 4.98 Å². The lowest BCUT2D eigenvalue weighted by molar-refractivity contribution is 1.27. The van der Waals surface area contributed by atoms with Crippen molar-refractivity contribution in [2.24, 2.45) is 0 Å². The van der Waals surface area contributed by atoms with Crippen molar-refractivity contribution in [3.63, 3.8) is 0 Å². The van der Waals surface area contributed by atoms with Crippen molar-refractivity contribution in [1.29, 1.82) is 5.26 Å². The van der Waals surface area contributed by atoms with E-state index in [-0.39, 0.29) is 11.1 Å². The van der Waals surface area contributed by atoms with Gasteiger partial charge in [-0.2, -0.15) is 5.26 Å². The molecule has 0 fully saturated rings. The molecular weight excluding hydrogens is 176 g/mol. The first kappa shape index (κ1) is 8.52. The Balaban J connectivity index is 2.88. The summed E-state index contributed by atoms with van der Waals surface area (Å²) in [6, 6.07) is 10.1. The van der Waals surface area contributed by atoms with Crippen molar-refractivity contribution in [1.82, 2.24) is 4.98 Å². The fourth-order valence-electron chi connectivity index (χ4n) is 1.32. The molecule has 1 N–H and O–H groups in total. The van der Waals surface area contributed by atoms with Crippen molar-refractivity contribution >= 4 is 10.9 Å². The zero-order valence-corrected chi connectivity index (χ0v) is 7.59. The van der Waals surface area contributed by atoms with Crippen LogP contribution in [0.25, 0.3) is 10.9 Å². The number of aromatic nitrogens is 1. The number of nitriles is 1. The minimum absolute atomic E-state index is 0.123. The summed E-state index contributed by atoms with van der Waals surface area (Å²) >= 11 is 0. The van der Waals surface area contributed by atoms with E-state index in [0.717, 1.165) is 10.9 Å². The van der Waals surface area contributed by atoms with Gasteiger partial charge in [-0.15, -0.1) is 0 Å². The van der Waals surface area contributed by atoms with Gasteiger partial charge in [0.2, 0.25) is 0 Å². The molecule has 1 aromatic carbocycles. The molecule has 2 rings (SSSR count). The van der Waals surface area contributed by atoms with Crippen molar-refractivity contribution in [2.45, 2.75) is 6.92 Å². The van der Waals surface area contributed by atoms with E-state index in [0.29, 0.717) is 5.52 Å². The molecule has 1 radical (unpaired) electrons. The quantitative estimate of drug-likeness (QED) is 0.673. The van der Waals surface area contributed by atoms with Crippen LogP contribution < -0.4 is 5.56 Å². The van der Waals surface area contributed by atoms with E-state index in [4.69, 9.17) is 5.26 Å². The zero-order valence-electron chi connectivity index (χ0n) is 7.59. The number of fused-ring (bicyclic) bond motifs is 1. The van der Waals surface area contributed by atoms with Gasteiger partial charge in [0.1, 0.15) is 11.6 Å². The second kappa shape index (κ2) is 3.00. The van der Waals surface area contributed by atoms with Crippen LogP contribution in [0.2, 0.25) is 0 Å². The molecular formula is C11H7N2O. The van der Waals surface area contributed by atoms with Crippen LogP contribution in [0.1, 0.15) is 11.1 Å². The average molecular weight is 183 g/mol. The molecule has 1 aromatic heterocycles. The van der Waals surface area contributed by atoms with Crippen LogP contribution in [-0.4, -0.2) is 4.98 Å². The lowest BCUT2D eigenvalue weighted by Crippen LogP contribution is -2.09. The molecule has 0 aliphatic rings. The predicted octanol–water partition coefficient (Wildman–Crippen LogP) is 1.51. The Morgan fingerprint density at radius 1 is 1.50 bits per heavy atom. The summed E-state index contributed by atoms with van der Waals surface area (Å²) in [5.74, 6) is 0. The molecule has 3 nitrogen and oxygen atoms in total. The van der Waals surface area contributed by atoms with E-state index in [1.807, 2.05) is 25.1 Å². The van der Waals surface area contributed by atoms with Gasteiger partial charge in [0.05, 0.1) is 0 Å². The number of aromatic amines is 1. The van der Waals surface area contributed by atoms with Gasteiger partial charge in [0, 0.05) is 10.9 Å². The molecule has 0 aliphatic heterocycles. The number of benzene rings is 1. The summed E-state index contributed by atoms with van der Waals surface area (Å²) in [4.78, 5) is 13.9. The Morgan fingerprint density at radius 3 is 3.00 bits per heavy atom. The number of aryl methyl sites for hydroxylation is 1. The van der Waals surface area contributed by atoms with Crippen molar-refractivity contribution in [2.75, 3.05) is 0 Å². The molecule has 1 heterocycles. The molecule has 0 aliphatic carbocycles. The molecule has 0 saturated carbocycles. The molecule has 67 valence electrons. The monoisotopic (exact) mass is 183 g/mol. The van der Waals surface area contributed by atoms with Gasteiger partial charge in [0.25, 0.3) is 5.56 Å². The van der Waals surface area contributed by atoms with E-state index in [1.54, 1.807) is 6.07 Å². The highest BCUT2D eigenvalue weighted by Crippen LogP contribution is 2.11. The van der Waals surface area contributed by atoms with Crippen LogP contribution in [-0.2, 0) is 0 Å². The molecule has 14 heavy (non-hydrogen) atoms. The summed E-state index contributed by atoms with van der Waals surface area (Å²) in [5, 5.41) is 9.40. The fourth-order valence-corrected chi connectivity index (χ4v) is 1.32. The molecule has 0 atom stereocenters. The van der Waals surface area contributed by atoms with Gasteiger partial charge in [-0.25, -0.2) is 0 Å². The van der Waals surface area contributed by atoms with Crippen LogP contribution in [0.3, 0.4) is 0 Å². The highest BCUT2D eigenvalue weighted by Gasteiger charge is 2.01. The SMILES string of the molecule is Cc1c[c]c2cc(C#N)c(=O)[nH]c2c1. The van der Waals surface area contributed by atoms with Gasteiger partial charge in [-0.3, -0.25) is 4.79 Å². The number of rotatable bonds is 0. The number of nitrogens with zero attached hydrogens (tertiary/aromatic N) is 1. The smallest absolute Gasteiger partial charge is 0.266 e. The molecule has 0 bridgehead atoms. The first-order valence-electron chi connectivity index (χ1n) is 4.16. The number of nitrogens with one attached hydrogen (secondary N) is 1. The minimum atomic E-state index is -0.348. The van der Waals surface area contributed by atoms with Gasteiger partial charge >= 0.3 is 0 Å². The van der Waals surface area contributed by atoms with Gasteiger partial charge in [-0.05, 0) is 30.7 Å². The second-order valence-electron chi connectivity index (χ2n) is 3.13. The van der Waals surface area contributed by atoms with Crippen LogP contribution in [0, 0.1) is 24.3 Å². The maximum absolute atomic E-state index is 11.3. The summed E-state index contributed by atoms with van der Waals surface area (Å²) in [7, 11) is 0. The van der Waals surface area contributed by atoms with E-state index < -0.39 is 0 Å². The van der Waals surface area contributed by atoms with E-state index in [1.165, 1.54) is 0 Å². The Bertz CT molecular complexity index is 590. The molecule has 0 saturated heterocycles. The van der Waals surface area contributed by atoms with Crippen LogP contribution in [0.4, 0.5) is 0 Å². The molecule has 0 spiro atoms. The van der Waals surface area contributed by atoms with Crippen molar-refractivity contribution in [3.8, 4) is 6.07 Å². The number of pyridine rings is 1. The van der Waals surface area contributed by atoms with E-state index in [9.17, 15) is 4.79 Å². The third-order valence-electron chi connectivity index (χ3n) is 2.02. The van der Waals surface area contributed by atoms with Crippen molar-refractivity contribution in [3.05, 3.63) is 45.7 Å². The first-order chi connectivity index (χ1) is 6.70. The summed E-state index contributed by atoms with van der Waals surface area (Å²) in [6.07, 6.45) is 0. The first-order valence-corrected chi connectivity index (χ1v) is 4.16. The summed E-state index contributed by atoms with van der Waals surface area (Å²) in [5.41, 5.74) is 1.52. The lowest BCUT2D eigenvalue weighted by Gasteiger charge is -1.98. The van der Waals surface area contributed by atoms with E-state index in [2.05, 4.69) is 11.1 Å². The Hall–Kier alpha value is -2.08. The van der Waals surface area contributed by atoms with Crippen LogP contribution in [0.15, 0.2) is 23.0 Å². The third kappa shape index (κ3) is 1.27. The van der Waals surface area contributed by atoms with Crippen LogP contribution >= 0.6 is 0 Å². The highest BCUT2D eigenvalue weighted by molar-refractivity contribution is 5.79. The molecule has 0 unspecified atom stereocenters. The lowest BCUT2D eigenvalue weighted by atomic mass is 10.1. The topological polar surface area (TPSA) is 56.6 Å². The van der Waals surface area contributed by atoms with Crippen molar-refractivity contribution < 1.29 is 0 Å². The Morgan fingerprint density at radius 2 is 2.29 bits per heavy atom. The normalized spacial score (nSPS) is 10.0. The minimum Gasteiger partial charge on any atom is -0.321 e. The molecule has 2 aromatic rings. The largest absolute Gasteiger partial charge is 0.321 e. The maximum Gasteiger partial charge on any atom is 0.266 e. The number of H-pyrrole nitrogens is 1. The van der Waals surface area contributed by atoms with E-state index >= 15 is 0 Å². The molecule has 3 heteroatoms. The fraction of sp³-hybridized carbons (Fsp3) is 0.0909. The third-order valence-corrected chi connectivity index (χ3v) is 2.02. The summed E-state index contributed by atoms with van der Waals surface area (Å²) in [6.45, 7) is 1.92. The van der Waals surface area contributed by atoms with Gasteiger partial charge in [0.15, 0.2) is 0 Å². The predicted molar refractivity (Wildman–Crippen MR) is 52.9 cm³/mol. The highest BCUT2D eigenvalue weighted by atomic mass is 16.1. The molecule has 0 amide bonds. The average Bonchev–Trinajstić information content (AvgIpc) is 2.16. The summed E-state index contributed by atoms with van der Waals surface area (Å²) < 4.78 is 0. The van der Waals surface area contributed by atoms with Gasteiger partial charge in [-0.1, -0.05) is 6.07 Å². The standard InChI is InChI=1S/C11H7N2O/c1-7-2-3-8-5-9(6-12)11(14)13-10(8)4-7/h2,4-5H,1H3,(H,13,14). The zero-order chi connectivity index (χ0) is 10.1. The Labute approximate surface area is 80.6 Å². The number of hydrogen-bond acceptors (Lipinski definition) is 2. The number of hydrogen-bond donors (Lipinski definition) is 1. The maximum atomic E-state index is 11.3. The van der Waals surface area contributed by atoms with Crippen LogP contribution in [0.5, 0.6) is 0 Å². The second-order valence-corrected chi connectivity index (χ2v) is 3.13.